The summed E-state index contributed by atoms with van der Waals surface area (Å²) in [6, 6.07) is 0.147. The zero-order valence-corrected chi connectivity index (χ0v) is 9.82. The number of amides is 1. The Morgan fingerprint density at radius 3 is 3.06 bits per heavy atom. The molecule has 0 radical (unpaired) electrons. The number of hydrogen-bond donors (Lipinski definition) is 2. The number of rotatable bonds is 2. The van der Waals surface area contributed by atoms with Crippen molar-refractivity contribution in [2.45, 2.75) is 25.5 Å². The van der Waals surface area contributed by atoms with Crippen molar-refractivity contribution >= 4 is 5.91 Å². The van der Waals surface area contributed by atoms with E-state index in [1.807, 2.05) is 11.8 Å². The first-order valence-corrected chi connectivity index (χ1v) is 6.07. The Balaban J connectivity index is 2.01. The molecule has 3 unspecified atom stereocenters. The van der Waals surface area contributed by atoms with Gasteiger partial charge in [0.25, 0.3) is 0 Å². The molecule has 0 aromatic rings. The maximum atomic E-state index is 12.3. The van der Waals surface area contributed by atoms with Crippen LogP contribution < -0.4 is 11.1 Å². The molecule has 5 nitrogen and oxygen atoms in total. The SMILES string of the molecule is CC1OCCC1C(=O)N1CCNCC1CN. The molecule has 16 heavy (non-hydrogen) atoms. The molecule has 2 aliphatic heterocycles. The fourth-order valence-corrected chi connectivity index (χ4v) is 2.53. The number of ether oxygens (including phenoxy) is 1. The van der Waals surface area contributed by atoms with Crippen LogP contribution >= 0.6 is 0 Å². The molecule has 5 heteroatoms. The van der Waals surface area contributed by atoms with Gasteiger partial charge in [-0.15, -0.1) is 0 Å². The van der Waals surface area contributed by atoms with Gasteiger partial charge in [-0.25, -0.2) is 0 Å². The first kappa shape index (κ1) is 11.8. The van der Waals surface area contributed by atoms with Crippen molar-refractivity contribution in [3.63, 3.8) is 0 Å². The molecule has 0 aromatic carbocycles. The van der Waals surface area contributed by atoms with E-state index in [1.165, 1.54) is 0 Å². The maximum Gasteiger partial charge on any atom is 0.228 e. The molecule has 2 aliphatic rings. The summed E-state index contributed by atoms with van der Waals surface area (Å²) in [7, 11) is 0. The monoisotopic (exact) mass is 227 g/mol. The lowest BCUT2D eigenvalue weighted by Gasteiger charge is -2.37. The van der Waals surface area contributed by atoms with E-state index in [-0.39, 0.29) is 24.0 Å². The highest BCUT2D eigenvalue weighted by Gasteiger charge is 2.36. The number of hydrogen-bond acceptors (Lipinski definition) is 4. The third kappa shape index (κ3) is 2.21. The highest BCUT2D eigenvalue weighted by atomic mass is 16.5. The summed E-state index contributed by atoms with van der Waals surface area (Å²) in [6.07, 6.45) is 0.905. The molecule has 92 valence electrons. The molecule has 2 saturated heterocycles. The Morgan fingerprint density at radius 2 is 2.44 bits per heavy atom. The molecule has 0 bridgehead atoms. The Bertz CT molecular complexity index is 260. The second-order valence-corrected chi connectivity index (χ2v) is 4.60. The Labute approximate surface area is 96.3 Å². The lowest BCUT2D eigenvalue weighted by atomic mass is 9.99. The first-order chi connectivity index (χ1) is 7.74. The van der Waals surface area contributed by atoms with Crippen LogP contribution in [0, 0.1) is 5.92 Å². The Morgan fingerprint density at radius 1 is 1.62 bits per heavy atom. The van der Waals surface area contributed by atoms with Crippen LogP contribution in [0.5, 0.6) is 0 Å². The number of nitrogens with two attached hydrogens (primary N) is 1. The van der Waals surface area contributed by atoms with Gasteiger partial charge in [0.2, 0.25) is 5.91 Å². The highest BCUT2D eigenvalue weighted by molar-refractivity contribution is 5.80. The van der Waals surface area contributed by atoms with Gasteiger partial charge in [-0.1, -0.05) is 0 Å². The number of nitrogens with zero attached hydrogens (tertiary/aromatic N) is 1. The molecular formula is C11H21N3O2. The van der Waals surface area contributed by atoms with Crippen molar-refractivity contribution < 1.29 is 9.53 Å². The quantitative estimate of drug-likeness (QED) is 0.646. The lowest BCUT2D eigenvalue weighted by Crippen LogP contribution is -2.58. The van der Waals surface area contributed by atoms with Crippen LogP contribution in [-0.2, 0) is 9.53 Å². The van der Waals surface area contributed by atoms with Crippen molar-refractivity contribution in [2.75, 3.05) is 32.8 Å². The van der Waals surface area contributed by atoms with Crippen LogP contribution in [-0.4, -0.2) is 55.7 Å². The summed E-state index contributed by atoms with van der Waals surface area (Å²) in [5.74, 6) is 0.258. The molecule has 0 aliphatic carbocycles. The van der Waals surface area contributed by atoms with Gasteiger partial charge in [0.05, 0.1) is 18.1 Å². The Hall–Kier alpha value is -0.650. The minimum Gasteiger partial charge on any atom is -0.378 e. The van der Waals surface area contributed by atoms with E-state index in [2.05, 4.69) is 5.32 Å². The van der Waals surface area contributed by atoms with E-state index >= 15 is 0 Å². The largest absolute Gasteiger partial charge is 0.378 e. The predicted octanol–water partition coefficient (Wildman–Crippen LogP) is -0.829. The van der Waals surface area contributed by atoms with Gasteiger partial charge in [0, 0.05) is 32.8 Å². The normalized spacial score (nSPS) is 35.4. The molecule has 0 spiro atoms. The van der Waals surface area contributed by atoms with Crippen LogP contribution in [0.3, 0.4) is 0 Å². The standard InChI is InChI=1S/C11H21N3O2/c1-8-10(2-5-16-8)11(15)14-4-3-13-7-9(14)6-12/h8-10,13H,2-7,12H2,1H3. The summed E-state index contributed by atoms with van der Waals surface area (Å²) in [6.45, 7) is 5.66. The fraction of sp³-hybridized carbons (Fsp3) is 0.909. The van der Waals surface area contributed by atoms with Crippen LogP contribution in [0.2, 0.25) is 0 Å². The number of piperazine rings is 1. The maximum absolute atomic E-state index is 12.3. The van der Waals surface area contributed by atoms with Crippen LogP contribution in [0.25, 0.3) is 0 Å². The van der Waals surface area contributed by atoms with Gasteiger partial charge >= 0.3 is 0 Å². The molecule has 1 amide bonds. The molecule has 3 atom stereocenters. The second kappa shape index (κ2) is 5.12. The van der Waals surface area contributed by atoms with E-state index in [4.69, 9.17) is 10.5 Å². The van der Waals surface area contributed by atoms with Crippen molar-refractivity contribution in [2.24, 2.45) is 11.7 Å². The minimum absolute atomic E-state index is 0.0344. The van der Waals surface area contributed by atoms with Crippen molar-refractivity contribution in [1.82, 2.24) is 10.2 Å². The summed E-state index contributed by atoms with van der Waals surface area (Å²) in [4.78, 5) is 14.3. The molecule has 0 aromatic heterocycles. The van der Waals surface area contributed by atoms with E-state index in [0.29, 0.717) is 13.2 Å². The van der Waals surface area contributed by atoms with Gasteiger partial charge in [-0.2, -0.15) is 0 Å². The summed E-state index contributed by atoms with van der Waals surface area (Å²) in [5.41, 5.74) is 5.70. The van der Waals surface area contributed by atoms with Crippen molar-refractivity contribution in [3.8, 4) is 0 Å². The van der Waals surface area contributed by atoms with Crippen molar-refractivity contribution in [3.05, 3.63) is 0 Å². The van der Waals surface area contributed by atoms with Gasteiger partial charge in [0.15, 0.2) is 0 Å². The zero-order valence-electron chi connectivity index (χ0n) is 9.82. The second-order valence-electron chi connectivity index (χ2n) is 4.60. The lowest BCUT2D eigenvalue weighted by molar-refractivity contribution is -0.140. The van der Waals surface area contributed by atoms with E-state index in [0.717, 1.165) is 26.1 Å². The highest BCUT2D eigenvalue weighted by Crippen LogP contribution is 2.23. The molecule has 0 saturated carbocycles. The van der Waals surface area contributed by atoms with E-state index in [9.17, 15) is 4.79 Å². The van der Waals surface area contributed by atoms with Gasteiger partial charge in [0.1, 0.15) is 0 Å². The third-order valence-electron chi connectivity index (χ3n) is 3.60. The summed E-state index contributed by atoms with van der Waals surface area (Å²) >= 11 is 0. The van der Waals surface area contributed by atoms with Gasteiger partial charge in [-0.05, 0) is 13.3 Å². The molecule has 2 rings (SSSR count). The zero-order chi connectivity index (χ0) is 11.5. The van der Waals surface area contributed by atoms with Crippen molar-refractivity contribution in [1.29, 1.82) is 0 Å². The third-order valence-corrected chi connectivity index (χ3v) is 3.60. The average molecular weight is 227 g/mol. The first-order valence-electron chi connectivity index (χ1n) is 6.07. The molecular weight excluding hydrogens is 206 g/mol. The number of nitrogens with one attached hydrogen (secondary N) is 1. The Kier molecular flexibility index (Phi) is 3.78. The fourth-order valence-electron chi connectivity index (χ4n) is 2.53. The minimum atomic E-state index is 0.0344. The van der Waals surface area contributed by atoms with Crippen LogP contribution in [0.15, 0.2) is 0 Å². The molecule has 3 N–H and O–H groups in total. The number of carbonyl (C=O) groups excluding carboxylic acids is 1. The smallest absolute Gasteiger partial charge is 0.228 e. The van der Waals surface area contributed by atoms with Gasteiger partial charge < -0.3 is 20.7 Å². The van der Waals surface area contributed by atoms with Gasteiger partial charge in [-0.3, -0.25) is 4.79 Å². The van der Waals surface area contributed by atoms with Crippen LogP contribution in [0.4, 0.5) is 0 Å². The summed E-state index contributed by atoms with van der Waals surface area (Å²) < 4.78 is 5.45. The average Bonchev–Trinajstić information content (AvgIpc) is 2.74. The topological polar surface area (TPSA) is 67.6 Å². The molecule has 2 fully saturated rings. The van der Waals surface area contributed by atoms with Crippen LogP contribution in [0.1, 0.15) is 13.3 Å². The van der Waals surface area contributed by atoms with E-state index in [1.54, 1.807) is 0 Å². The summed E-state index contributed by atoms with van der Waals surface area (Å²) in [5, 5.41) is 3.27. The molecule has 2 heterocycles. The number of carbonyl (C=O) groups is 1. The van der Waals surface area contributed by atoms with E-state index < -0.39 is 0 Å². The predicted molar refractivity (Wildman–Crippen MR) is 60.9 cm³/mol.